The van der Waals surface area contributed by atoms with E-state index in [1.54, 1.807) is 7.11 Å². The van der Waals surface area contributed by atoms with Crippen LogP contribution in [0.4, 0.5) is 0 Å². The van der Waals surface area contributed by atoms with Gasteiger partial charge in [0.2, 0.25) is 0 Å². The van der Waals surface area contributed by atoms with Gasteiger partial charge in [0.05, 0.1) is 19.8 Å². The van der Waals surface area contributed by atoms with Crippen molar-refractivity contribution in [3.8, 4) is 11.5 Å². The summed E-state index contributed by atoms with van der Waals surface area (Å²) < 4.78 is 16.4. The second kappa shape index (κ2) is 9.64. The van der Waals surface area contributed by atoms with Gasteiger partial charge < -0.3 is 19.5 Å². The molecule has 0 aliphatic rings. The summed E-state index contributed by atoms with van der Waals surface area (Å²) in [7, 11) is 1.72. The summed E-state index contributed by atoms with van der Waals surface area (Å²) >= 11 is 0. The summed E-state index contributed by atoms with van der Waals surface area (Å²) in [6, 6.07) is 6.58. The molecule has 1 rings (SSSR count). The van der Waals surface area contributed by atoms with Crippen molar-refractivity contribution < 1.29 is 14.2 Å². The third-order valence-electron chi connectivity index (χ3n) is 3.62. The molecule has 0 radical (unpaired) electrons. The Hall–Kier alpha value is -1.26. The molecule has 2 atom stereocenters. The minimum absolute atomic E-state index is 0.368. The van der Waals surface area contributed by atoms with Crippen LogP contribution in [0.15, 0.2) is 18.2 Å². The van der Waals surface area contributed by atoms with Crippen molar-refractivity contribution in [2.24, 2.45) is 0 Å². The maximum absolute atomic E-state index is 5.69. The first-order valence-electron chi connectivity index (χ1n) is 7.75. The summed E-state index contributed by atoms with van der Waals surface area (Å²) in [6.07, 6.45) is 0. The van der Waals surface area contributed by atoms with Crippen molar-refractivity contribution >= 4 is 0 Å². The molecule has 0 aliphatic heterocycles. The third kappa shape index (κ3) is 5.56. The zero-order chi connectivity index (χ0) is 15.7. The lowest BCUT2D eigenvalue weighted by atomic mass is 9.94. The molecular weight excluding hydrogens is 266 g/mol. The summed E-state index contributed by atoms with van der Waals surface area (Å²) in [5.74, 6) is 2.03. The maximum atomic E-state index is 5.69. The van der Waals surface area contributed by atoms with E-state index in [2.05, 4.69) is 31.3 Å². The van der Waals surface area contributed by atoms with E-state index < -0.39 is 0 Å². The van der Waals surface area contributed by atoms with Gasteiger partial charge in [-0.05, 0) is 44.4 Å². The van der Waals surface area contributed by atoms with Gasteiger partial charge in [0.15, 0.2) is 11.5 Å². The van der Waals surface area contributed by atoms with Crippen LogP contribution in [0.1, 0.15) is 39.2 Å². The molecule has 0 spiro atoms. The van der Waals surface area contributed by atoms with E-state index >= 15 is 0 Å². The van der Waals surface area contributed by atoms with Crippen molar-refractivity contribution in [3.05, 3.63) is 23.8 Å². The van der Waals surface area contributed by atoms with Crippen LogP contribution < -0.4 is 14.8 Å². The van der Waals surface area contributed by atoms with Crippen LogP contribution in [-0.4, -0.2) is 39.5 Å². The summed E-state index contributed by atoms with van der Waals surface area (Å²) in [5.41, 5.74) is 1.25. The first-order valence-corrected chi connectivity index (χ1v) is 7.75. The first-order chi connectivity index (χ1) is 10.1. The molecule has 0 bridgehead atoms. The highest BCUT2D eigenvalue weighted by Crippen LogP contribution is 2.32. The predicted molar refractivity (Wildman–Crippen MR) is 86.5 cm³/mol. The predicted octanol–water partition coefficient (Wildman–Crippen LogP) is 3.21. The van der Waals surface area contributed by atoms with Crippen molar-refractivity contribution in [2.75, 3.05) is 33.5 Å². The molecule has 2 unspecified atom stereocenters. The zero-order valence-corrected chi connectivity index (χ0v) is 13.9. The molecule has 0 saturated heterocycles. The fraction of sp³-hybridized carbons (Fsp3) is 0.647. The molecule has 1 aromatic carbocycles. The zero-order valence-electron chi connectivity index (χ0n) is 13.9. The Bertz CT molecular complexity index is 409. The van der Waals surface area contributed by atoms with Crippen molar-refractivity contribution in [1.82, 2.24) is 5.32 Å². The average molecular weight is 295 g/mol. The molecule has 1 N–H and O–H groups in total. The lowest BCUT2D eigenvalue weighted by molar-refractivity contribution is 0.195. The van der Waals surface area contributed by atoms with Crippen LogP contribution >= 0.6 is 0 Å². The molecule has 4 nitrogen and oxygen atoms in total. The number of hydrogen-bond donors (Lipinski definition) is 1. The Kier molecular flexibility index (Phi) is 8.16. The molecular formula is C17H29NO3. The van der Waals surface area contributed by atoms with Gasteiger partial charge in [-0.2, -0.15) is 0 Å². The number of rotatable bonds is 10. The first kappa shape index (κ1) is 17.8. The molecule has 1 aromatic rings. The number of methoxy groups -OCH3 is 1. The molecule has 0 aromatic heterocycles. The Morgan fingerprint density at radius 3 is 2.33 bits per heavy atom. The Balaban J connectivity index is 2.78. The number of hydrogen-bond acceptors (Lipinski definition) is 4. The monoisotopic (exact) mass is 295 g/mol. The van der Waals surface area contributed by atoms with Crippen LogP contribution in [-0.2, 0) is 4.74 Å². The normalized spacial score (nSPS) is 13.8. The fourth-order valence-electron chi connectivity index (χ4n) is 2.21. The number of benzene rings is 1. The van der Waals surface area contributed by atoms with Crippen LogP contribution in [0.2, 0.25) is 0 Å². The smallest absolute Gasteiger partial charge is 0.161 e. The second-order valence-electron chi connectivity index (χ2n) is 5.10. The highest BCUT2D eigenvalue weighted by Gasteiger charge is 2.16. The van der Waals surface area contributed by atoms with Gasteiger partial charge in [-0.1, -0.05) is 13.0 Å². The van der Waals surface area contributed by atoms with E-state index in [0.29, 0.717) is 25.2 Å². The lowest BCUT2D eigenvalue weighted by Crippen LogP contribution is -2.33. The summed E-state index contributed by atoms with van der Waals surface area (Å²) in [6.45, 7) is 11.2. The Labute approximate surface area is 128 Å². The van der Waals surface area contributed by atoms with Crippen LogP contribution in [0.3, 0.4) is 0 Å². The van der Waals surface area contributed by atoms with Gasteiger partial charge in [0.1, 0.15) is 0 Å². The highest BCUT2D eigenvalue weighted by atomic mass is 16.5. The van der Waals surface area contributed by atoms with E-state index in [4.69, 9.17) is 14.2 Å². The molecule has 120 valence electrons. The van der Waals surface area contributed by atoms with Crippen LogP contribution in [0.25, 0.3) is 0 Å². The molecule has 4 heteroatoms. The van der Waals surface area contributed by atoms with Gasteiger partial charge in [-0.3, -0.25) is 0 Å². The van der Waals surface area contributed by atoms with E-state index in [-0.39, 0.29) is 0 Å². The molecule has 0 amide bonds. The molecule has 21 heavy (non-hydrogen) atoms. The fourth-order valence-corrected chi connectivity index (χ4v) is 2.21. The van der Waals surface area contributed by atoms with E-state index in [1.165, 1.54) is 5.56 Å². The van der Waals surface area contributed by atoms with Gasteiger partial charge >= 0.3 is 0 Å². The summed E-state index contributed by atoms with van der Waals surface area (Å²) in [5, 5.41) is 3.48. The second-order valence-corrected chi connectivity index (χ2v) is 5.10. The molecule has 0 heterocycles. The average Bonchev–Trinajstić information content (AvgIpc) is 2.49. The molecule has 0 saturated carbocycles. The standard InChI is InChI=1S/C17H29NO3/c1-6-20-16-9-8-15(12-17(16)21-7-2)13(3)14(4)18-10-11-19-5/h8-9,12-14,18H,6-7,10-11H2,1-5H3. The van der Waals surface area contributed by atoms with Gasteiger partial charge in [0.25, 0.3) is 0 Å². The maximum Gasteiger partial charge on any atom is 0.161 e. The SMILES string of the molecule is CCOc1ccc(C(C)C(C)NCCOC)cc1OCC. The lowest BCUT2D eigenvalue weighted by Gasteiger charge is -2.23. The Morgan fingerprint density at radius 1 is 1.05 bits per heavy atom. The van der Waals surface area contributed by atoms with E-state index in [0.717, 1.165) is 24.7 Å². The van der Waals surface area contributed by atoms with Gasteiger partial charge in [0, 0.05) is 19.7 Å². The van der Waals surface area contributed by atoms with Crippen molar-refractivity contribution in [1.29, 1.82) is 0 Å². The van der Waals surface area contributed by atoms with Gasteiger partial charge in [-0.15, -0.1) is 0 Å². The number of nitrogens with one attached hydrogen (secondary N) is 1. The molecule has 0 aliphatic carbocycles. The Morgan fingerprint density at radius 2 is 1.71 bits per heavy atom. The van der Waals surface area contributed by atoms with Crippen LogP contribution in [0, 0.1) is 0 Å². The minimum atomic E-state index is 0.368. The van der Waals surface area contributed by atoms with Crippen molar-refractivity contribution in [2.45, 2.75) is 39.7 Å². The molecule has 0 fully saturated rings. The third-order valence-corrected chi connectivity index (χ3v) is 3.62. The number of ether oxygens (including phenoxy) is 3. The van der Waals surface area contributed by atoms with Crippen LogP contribution in [0.5, 0.6) is 11.5 Å². The van der Waals surface area contributed by atoms with E-state index in [9.17, 15) is 0 Å². The largest absolute Gasteiger partial charge is 0.490 e. The topological polar surface area (TPSA) is 39.7 Å². The van der Waals surface area contributed by atoms with Crippen molar-refractivity contribution in [3.63, 3.8) is 0 Å². The quantitative estimate of drug-likeness (QED) is 0.673. The summed E-state index contributed by atoms with van der Waals surface area (Å²) in [4.78, 5) is 0. The van der Waals surface area contributed by atoms with Gasteiger partial charge in [-0.25, -0.2) is 0 Å². The minimum Gasteiger partial charge on any atom is -0.490 e. The highest BCUT2D eigenvalue weighted by molar-refractivity contribution is 5.44. The van der Waals surface area contributed by atoms with E-state index in [1.807, 2.05) is 19.9 Å².